The number of rotatable bonds is 3. The maximum atomic E-state index is 12.2. The largest absolute Gasteiger partial charge is 0.316 e. The molecule has 1 atom stereocenters. The fourth-order valence-electron chi connectivity index (χ4n) is 3.07. The molecule has 3 nitrogen and oxygen atoms in total. The molecule has 23 heavy (non-hydrogen) atoms. The Bertz CT molecular complexity index is 838. The lowest BCUT2D eigenvalue weighted by Crippen LogP contribution is -2.20. The van der Waals surface area contributed by atoms with Gasteiger partial charge in [-0.25, -0.2) is 0 Å². The average Bonchev–Trinajstić information content (AvgIpc) is 2.55. The molecule has 1 unspecified atom stereocenters. The Balaban J connectivity index is 2.01. The number of hydrogen-bond donors (Lipinski definition) is 1. The minimum Gasteiger partial charge on any atom is -0.316 e. The van der Waals surface area contributed by atoms with E-state index in [9.17, 15) is 10.1 Å². The zero-order valence-corrected chi connectivity index (χ0v) is 14.4. The molecule has 0 amide bonds. The second-order valence-electron chi connectivity index (χ2n) is 5.72. The van der Waals surface area contributed by atoms with Gasteiger partial charge in [0.05, 0.1) is 5.03 Å². The Kier molecular flexibility index (Phi) is 4.79. The van der Waals surface area contributed by atoms with Crippen LogP contribution in [0.25, 0.3) is 0 Å². The molecule has 1 heterocycles. The molecule has 1 N–H and O–H groups in total. The smallest absolute Gasteiger partial charge is 0.267 e. The zero-order valence-electron chi connectivity index (χ0n) is 12.9. The van der Waals surface area contributed by atoms with Crippen LogP contribution in [0.3, 0.4) is 0 Å². The predicted molar refractivity (Wildman–Crippen MR) is 94.1 cm³/mol. The van der Waals surface area contributed by atoms with Gasteiger partial charge in [-0.2, -0.15) is 5.26 Å². The number of benzene rings is 1. The lowest BCUT2D eigenvalue weighted by molar-refractivity contribution is 0.662. The second kappa shape index (κ2) is 6.82. The van der Waals surface area contributed by atoms with Crippen molar-refractivity contribution in [2.75, 3.05) is 0 Å². The zero-order chi connectivity index (χ0) is 16.4. The molecule has 118 valence electrons. The molecule has 0 bridgehead atoms. The van der Waals surface area contributed by atoms with Gasteiger partial charge in [-0.3, -0.25) is 4.79 Å². The molecule has 3 rings (SSSR count). The van der Waals surface area contributed by atoms with Crippen molar-refractivity contribution in [3.63, 3.8) is 0 Å². The maximum absolute atomic E-state index is 12.2. The van der Waals surface area contributed by atoms with Crippen molar-refractivity contribution >= 4 is 23.4 Å². The number of H-pyrrole nitrogens is 1. The lowest BCUT2D eigenvalue weighted by Gasteiger charge is -2.21. The number of hydrogen-bond acceptors (Lipinski definition) is 3. The van der Waals surface area contributed by atoms with Gasteiger partial charge in [0.15, 0.2) is 0 Å². The third kappa shape index (κ3) is 3.17. The number of nitrogens with zero attached hydrogens (tertiary/aromatic N) is 1. The van der Waals surface area contributed by atoms with Crippen LogP contribution in [0.2, 0.25) is 5.02 Å². The van der Waals surface area contributed by atoms with Crippen LogP contribution in [0, 0.1) is 11.3 Å². The van der Waals surface area contributed by atoms with Crippen molar-refractivity contribution in [2.24, 2.45) is 0 Å². The standard InChI is InChI=1S/C18H17ClN2OS/c1-11(12-6-4-5-9-16(12)19)23-18-14-8-3-2-7-13(14)15(10-20)17(22)21-18/h4-6,9,11H,2-3,7-8H2,1H3,(H,21,22). The molecule has 0 spiro atoms. The number of aromatic nitrogens is 1. The molecular weight excluding hydrogens is 328 g/mol. The summed E-state index contributed by atoms with van der Waals surface area (Å²) in [6.45, 7) is 2.08. The fourth-order valence-corrected chi connectivity index (χ4v) is 4.64. The third-order valence-electron chi connectivity index (χ3n) is 4.25. The van der Waals surface area contributed by atoms with Crippen molar-refractivity contribution in [3.05, 3.63) is 61.9 Å². The van der Waals surface area contributed by atoms with Crippen LogP contribution in [0.15, 0.2) is 34.1 Å². The summed E-state index contributed by atoms with van der Waals surface area (Å²) < 4.78 is 0. The first-order chi connectivity index (χ1) is 11.1. The number of thioether (sulfide) groups is 1. The predicted octanol–water partition coefficient (Wildman–Crippen LogP) is 4.63. The molecular formula is C18H17ClN2OS. The monoisotopic (exact) mass is 344 g/mol. The molecule has 1 aromatic carbocycles. The van der Waals surface area contributed by atoms with Crippen molar-refractivity contribution in [1.29, 1.82) is 5.26 Å². The van der Waals surface area contributed by atoms with Gasteiger partial charge in [0, 0.05) is 10.3 Å². The Morgan fingerprint density at radius 1 is 1.26 bits per heavy atom. The van der Waals surface area contributed by atoms with E-state index >= 15 is 0 Å². The minimum atomic E-state index is -0.276. The van der Waals surface area contributed by atoms with Crippen molar-refractivity contribution in [1.82, 2.24) is 4.98 Å². The van der Waals surface area contributed by atoms with Gasteiger partial charge in [0.2, 0.25) is 0 Å². The van der Waals surface area contributed by atoms with Crippen LogP contribution >= 0.6 is 23.4 Å². The quantitative estimate of drug-likeness (QED) is 0.826. The first kappa shape index (κ1) is 16.2. The number of nitriles is 1. The highest BCUT2D eigenvalue weighted by Gasteiger charge is 2.22. The van der Waals surface area contributed by atoms with Gasteiger partial charge >= 0.3 is 0 Å². The number of pyridine rings is 1. The fraction of sp³-hybridized carbons (Fsp3) is 0.333. The molecule has 1 aliphatic rings. The van der Waals surface area contributed by atoms with Gasteiger partial charge in [0.1, 0.15) is 11.6 Å². The number of aromatic amines is 1. The van der Waals surface area contributed by atoms with Crippen molar-refractivity contribution in [2.45, 2.75) is 42.9 Å². The minimum absolute atomic E-state index is 0.123. The summed E-state index contributed by atoms with van der Waals surface area (Å²) in [5, 5.41) is 11.0. The van der Waals surface area contributed by atoms with Crippen LogP contribution in [-0.4, -0.2) is 4.98 Å². The van der Waals surface area contributed by atoms with E-state index in [1.165, 1.54) is 0 Å². The molecule has 5 heteroatoms. The Hall–Kier alpha value is -1.70. The summed E-state index contributed by atoms with van der Waals surface area (Å²) in [6, 6.07) is 9.84. The van der Waals surface area contributed by atoms with E-state index in [1.54, 1.807) is 11.8 Å². The molecule has 2 aromatic rings. The highest BCUT2D eigenvalue weighted by Crippen LogP contribution is 2.40. The second-order valence-corrected chi connectivity index (χ2v) is 7.47. The molecule has 0 saturated carbocycles. The highest BCUT2D eigenvalue weighted by atomic mass is 35.5. The molecule has 0 saturated heterocycles. The van der Waals surface area contributed by atoms with Gasteiger partial charge in [0.25, 0.3) is 5.56 Å². The average molecular weight is 345 g/mol. The van der Waals surface area contributed by atoms with Crippen LogP contribution < -0.4 is 5.56 Å². The van der Waals surface area contributed by atoms with E-state index in [2.05, 4.69) is 18.0 Å². The summed E-state index contributed by atoms with van der Waals surface area (Å²) in [4.78, 5) is 15.1. The normalized spacial score (nSPS) is 14.8. The first-order valence-electron chi connectivity index (χ1n) is 7.71. The molecule has 0 radical (unpaired) electrons. The molecule has 0 aliphatic heterocycles. The van der Waals surface area contributed by atoms with Crippen molar-refractivity contribution in [3.8, 4) is 6.07 Å². The topological polar surface area (TPSA) is 56.6 Å². The molecule has 1 aromatic heterocycles. The number of nitrogens with one attached hydrogen (secondary N) is 1. The third-order valence-corrected chi connectivity index (χ3v) is 5.78. The van der Waals surface area contributed by atoms with Gasteiger partial charge in [-0.15, -0.1) is 11.8 Å². The summed E-state index contributed by atoms with van der Waals surface area (Å²) in [6.07, 6.45) is 3.86. The number of halogens is 1. The highest BCUT2D eigenvalue weighted by molar-refractivity contribution is 7.99. The summed E-state index contributed by atoms with van der Waals surface area (Å²) >= 11 is 7.89. The molecule has 0 fully saturated rings. The Morgan fingerprint density at radius 2 is 1.96 bits per heavy atom. The summed E-state index contributed by atoms with van der Waals surface area (Å²) in [7, 11) is 0. The first-order valence-corrected chi connectivity index (χ1v) is 8.96. The van der Waals surface area contributed by atoms with Gasteiger partial charge < -0.3 is 4.98 Å². The van der Waals surface area contributed by atoms with Crippen LogP contribution in [0.4, 0.5) is 0 Å². The summed E-state index contributed by atoms with van der Waals surface area (Å²) in [5.74, 6) is 0. The van der Waals surface area contributed by atoms with Crippen LogP contribution in [0.5, 0.6) is 0 Å². The van der Waals surface area contributed by atoms with Crippen molar-refractivity contribution < 1.29 is 0 Å². The van der Waals surface area contributed by atoms with E-state index in [0.717, 1.165) is 52.4 Å². The Labute approximate surface area is 144 Å². The van der Waals surface area contributed by atoms with Gasteiger partial charge in [-0.05, 0) is 55.4 Å². The van der Waals surface area contributed by atoms with Gasteiger partial charge in [-0.1, -0.05) is 29.8 Å². The van der Waals surface area contributed by atoms with E-state index in [0.29, 0.717) is 0 Å². The lowest BCUT2D eigenvalue weighted by atomic mass is 9.90. The van der Waals surface area contributed by atoms with E-state index in [4.69, 9.17) is 11.6 Å². The van der Waals surface area contributed by atoms with Crippen LogP contribution in [-0.2, 0) is 12.8 Å². The SMILES string of the molecule is CC(Sc1[nH]c(=O)c(C#N)c2c1CCCC2)c1ccccc1Cl. The Morgan fingerprint density at radius 3 is 2.65 bits per heavy atom. The van der Waals surface area contributed by atoms with E-state index in [-0.39, 0.29) is 16.4 Å². The number of fused-ring (bicyclic) bond motifs is 1. The van der Waals surface area contributed by atoms with E-state index in [1.807, 2.05) is 24.3 Å². The maximum Gasteiger partial charge on any atom is 0.267 e. The van der Waals surface area contributed by atoms with Crippen LogP contribution in [0.1, 0.15) is 47.3 Å². The van der Waals surface area contributed by atoms with E-state index < -0.39 is 0 Å². The summed E-state index contributed by atoms with van der Waals surface area (Å²) in [5.41, 5.74) is 3.14. The molecule has 1 aliphatic carbocycles.